The quantitative estimate of drug-likeness (QED) is 0.622. The van der Waals surface area contributed by atoms with E-state index in [9.17, 15) is 22.4 Å². The Hall–Kier alpha value is -2.72. The minimum atomic E-state index is -3.84. The molecule has 0 unspecified atom stereocenters. The Kier molecular flexibility index (Phi) is 7.68. The topological polar surface area (TPSA) is 109 Å². The van der Waals surface area contributed by atoms with E-state index in [0.717, 1.165) is 12.1 Å². The number of furan rings is 1. The molecule has 1 saturated heterocycles. The molecule has 0 aliphatic carbocycles. The number of nitrogens with one attached hydrogen (secondary N) is 2. The second-order valence-electron chi connectivity index (χ2n) is 8.18. The number of benzene rings is 1. The third-order valence-corrected chi connectivity index (χ3v) is 7.35. The smallest absolute Gasteiger partial charge is 0.243 e. The molecule has 2 aromatic rings. The molecule has 8 nitrogen and oxygen atoms in total. The maximum Gasteiger partial charge on any atom is 0.243 e. The molecule has 0 radical (unpaired) electrons. The Bertz CT molecular complexity index is 1020. The molecule has 10 heteroatoms. The predicted molar refractivity (Wildman–Crippen MR) is 115 cm³/mol. The van der Waals surface area contributed by atoms with Crippen molar-refractivity contribution in [2.45, 2.75) is 44.2 Å². The van der Waals surface area contributed by atoms with Crippen LogP contribution in [0.2, 0.25) is 0 Å². The van der Waals surface area contributed by atoms with Crippen LogP contribution in [-0.2, 0) is 26.2 Å². The molecule has 2 heterocycles. The zero-order valence-electron chi connectivity index (χ0n) is 18.1. The van der Waals surface area contributed by atoms with Crippen molar-refractivity contribution < 1.29 is 26.8 Å². The molecule has 1 aromatic heterocycles. The highest BCUT2D eigenvalue weighted by Crippen LogP contribution is 2.24. The Morgan fingerprint density at radius 3 is 2.56 bits per heavy atom. The average molecular weight is 466 g/mol. The number of nitrogens with zero attached hydrogens (tertiary/aromatic N) is 1. The van der Waals surface area contributed by atoms with Gasteiger partial charge in [-0.05, 0) is 55.2 Å². The maximum absolute atomic E-state index is 13.2. The van der Waals surface area contributed by atoms with Crippen LogP contribution in [0, 0.1) is 17.7 Å². The molecule has 174 valence electrons. The Balaban J connectivity index is 1.63. The Labute approximate surface area is 187 Å². The van der Waals surface area contributed by atoms with Crippen LogP contribution in [0.1, 0.15) is 32.4 Å². The van der Waals surface area contributed by atoms with Gasteiger partial charge in [0, 0.05) is 13.1 Å². The first-order chi connectivity index (χ1) is 15.2. The monoisotopic (exact) mass is 465 g/mol. The summed E-state index contributed by atoms with van der Waals surface area (Å²) in [5.74, 6) is -1.38. The summed E-state index contributed by atoms with van der Waals surface area (Å²) in [7, 11) is -3.84. The fourth-order valence-corrected chi connectivity index (χ4v) is 5.16. The molecule has 1 aromatic carbocycles. The lowest BCUT2D eigenvalue weighted by atomic mass is 9.96. The number of rotatable bonds is 8. The molecular formula is C22H28FN3O5S. The van der Waals surface area contributed by atoms with E-state index in [4.69, 9.17) is 4.42 Å². The average Bonchev–Trinajstić information content (AvgIpc) is 3.29. The minimum Gasteiger partial charge on any atom is -0.467 e. The fraction of sp³-hybridized carbons (Fsp3) is 0.455. The second kappa shape index (κ2) is 10.3. The number of sulfonamides is 1. The van der Waals surface area contributed by atoms with Crippen LogP contribution in [0.3, 0.4) is 0 Å². The largest absolute Gasteiger partial charge is 0.467 e. The molecule has 2 atom stereocenters. The summed E-state index contributed by atoms with van der Waals surface area (Å²) in [6.45, 7) is 4.14. The summed E-state index contributed by atoms with van der Waals surface area (Å²) < 4.78 is 45.4. The van der Waals surface area contributed by atoms with Crippen molar-refractivity contribution in [3.63, 3.8) is 0 Å². The van der Waals surface area contributed by atoms with E-state index in [1.807, 2.05) is 13.8 Å². The van der Waals surface area contributed by atoms with E-state index >= 15 is 0 Å². The van der Waals surface area contributed by atoms with Gasteiger partial charge in [-0.25, -0.2) is 12.8 Å². The van der Waals surface area contributed by atoms with Crippen LogP contribution in [0.5, 0.6) is 0 Å². The molecule has 1 fully saturated rings. The number of carbonyl (C=O) groups is 2. The van der Waals surface area contributed by atoms with Crippen molar-refractivity contribution in [2.24, 2.45) is 11.8 Å². The van der Waals surface area contributed by atoms with Gasteiger partial charge in [0.25, 0.3) is 0 Å². The first-order valence-corrected chi connectivity index (χ1v) is 12.0. The van der Waals surface area contributed by atoms with E-state index < -0.39 is 27.8 Å². The summed E-state index contributed by atoms with van der Waals surface area (Å²) in [5, 5.41) is 5.53. The molecule has 1 aliphatic rings. The number of hydrogen-bond donors (Lipinski definition) is 2. The number of hydrogen-bond acceptors (Lipinski definition) is 5. The highest BCUT2D eigenvalue weighted by molar-refractivity contribution is 7.89. The molecule has 0 bridgehead atoms. The number of halogens is 1. The van der Waals surface area contributed by atoms with Crippen LogP contribution < -0.4 is 10.6 Å². The van der Waals surface area contributed by atoms with Gasteiger partial charge in [0.2, 0.25) is 21.8 Å². The highest BCUT2D eigenvalue weighted by Gasteiger charge is 2.35. The third-order valence-electron chi connectivity index (χ3n) is 5.47. The van der Waals surface area contributed by atoms with Crippen molar-refractivity contribution in [3.05, 3.63) is 54.2 Å². The van der Waals surface area contributed by atoms with Gasteiger partial charge >= 0.3 is 0 Å². The lowest BCUT2D eigenvalue weighted by molar-refractivity contribution is -0.132. The van der Waals surface area contributed by atoms with Crippen molar-refractivity contribution in [2.75, 3.05) is 13.1 Å². The summed E-state index contributed by atoms with van der Waals surface area (Å²) in [6.07, 6.45) is 2.54. The van der Waals surface area contributed by atoms with E-state index in [-0.39, 0.29) is 42.3 Å². The standard InChI is InChI=1S/C22H28FN3O5S/c1-15(2)20(22(28)24-13-18-6-4-12-31-18)25-21(27)16-5-3-11-26(14-16)32(29,30)19-9-7-17(23)8-10-19/h4,6-10,12,15-16,20H,3,5,11,13-14H2,1-2H3,(H,24,28)(H,25,27)/t16-,20-/m0/s1. The summed E-state index contributed by atoms with van der Waals surface area (Å²) in [4.78, 5) is 25.5. The lowest BCUT2D eigenvalue weighted by Gasteiger charge is -2.32. The molecule has 2 amide bonds. The zero-order valence-corrected chi connectivity index (χ0v) is 18.9. The number of carbonyl (C=O) groups excluding carboxylic acids is 2. The second-order valence-corrected chi connectivity index (χ2v) is 10.1. The molecular weight excluding hydrogens is 437 g/mol. The van der Waals surface area contributed by atoms with Crippen molar-refractivity contribution >= 4 is 21.8 Å². The van der Waals surface area contributed by atoms with Crippen molar-refractivity contribution in [1.29, 1.82) is 0 Å². The Morgan fingerprint density at radius 2 is 1.94 bits per heavy atom. The summed E-state index contributed by atoms with van der Waals surface area (Å²) in [5.41, 5.74) is 0. The van der Waals surface area contributed by atoms with Gasteiger partial charge in [-0.2, -0.15) is 4.31 Å². The molecule has 0 spiro atoms. The van der Waals surface area contributed by atoms with E-state index in [2.05, 4.69) is 10.6 Å². The summed E-state index contributed by atoms with van der Waals surface area (Å²) >= 11 is 0. The van der Waals surface area contributed by atoms with Crippen LogP contribution in [0.15, 0.2) is 52.0 Å². The predicted octanol–water partition coefficient (Wildman–Crippen LogP) is 2.28. The van der Waals surface area contributed by atoms with Gasteiger partial charge in [0.05, 0.1) is 23.6 Å². The molecule has 2 N–H and O–H groups in total. The molecule has 0 saturated carbocycles. The first-order valence-electron chi connectivity index (χ1n) is 10.5. The molecule has 32 heavy (non-hydrogen) atoms. The van der Waals surface area contributed by atoms with Crippen LogP contribution in [0.4, 0.5) is 4.39 Å². The third kappa shape index (κ3) is 5.74. The van der Waals surface area contributed by atoms with Gasteiger partial charge in [-0.1, -0.05) is 13.8 Å². The minimum absolute atomic E-state index is 0.00434. The van der Waals surface area contributed by atoms with E-state index in [1.165, 1.54) is 22.7 Å². The lowest BCUT2D eigenvalue weighted by Crippen LogP contribution is -2.53. The van der Waals surface area contributed by atoms with Gasteiger partial charge in [-0.3, -0.25) is 9.59 Å². The van der Waals surface area contributed by atoms with Crippen LogP contribution in [0.25, 0.3) is 0 Å². The fourth-order valence-electron chi connectivity index (χ4n) is 3.63. The number of piperidine rings is 1. The first kappa shape index (κ1) is 23.9. The molecule has 3 rings (SSSR count). The van der Waals surface area contributed by atoms with Gasteiger partial charge in [0.1, 0.15) is 17.6 Å². The van der Waals surface area contributed by atoms with Crippen LogP contribution in [-0.4, -0.2) is 43.7 Å². The van der Waals surface area contributed by atoms with Gasteiger partial charge in [0.15, 0.2) is 0 Å². The summed E-state index contributed by atoms with van der Waals surface area (Å²) in [6, 6.07) is 7.31. The van der Waals surface area contributed by atoms with Crippen molar-refractivity contribution in [1.82, 2.24) is 14.9 Å². The van der Waals surface area contributed by atoms with E-state index in [1.54, 1.807) is 12.1 Å². The Morgan fingerprint density at radius 1 is 1.22 bits per heavy atom. The number of amides is 2. The maximum atomic E-state index is 13.2. The molecule has 1 aliphatic heterocycles. The van der Waals surface area contributed by atoms with Gasteiger partial charge in [-0.15, -0.1) is 0 Å². The van der Waals surface area contributed by atoms with Crippen molar-refractivity contribution in [3.8, 4) is 0 Å². The zero-order chi connectivity index (χ0) is 23.3. The van der Waals surface area contributed by atoms with Gasteiger partial charge < -0.3 is 15.1 Å². The highest BCUT2D eigenvalue weighted by atomic mass is 32.2. The normalized spacial score (nSPS) is 18.3. The van der Waals surface area contributed by atoms with E-state index in [0.29, 0.717) is 18.6 Å². The van der Waals surface area contributed by atoms with Crippen LogP contribution >= 0.6 is 0 Å². The SMILES string of the molecule is CC(C)[C@H](NC(=O)[C@H]1CCCN(S(=O)(=O)c2ccc(F)cc2)C1)C(=O)NCc1ccco1.